The highest BCUT2D eigenvalue weighted by Gasteiger charge is 2.34. The second kappa shape index (κ2) is 7.63. The molecule has 3 nitrogen and oxygen atoms in total. The summed E-state index contributed by atoms with van der Waals surface area (Å²) in [7, 11) is 0. The topological polar surface area (TPSA) is 41.1 Å². The molecule has 1 heterocycles. The summed E-state index contributed by atoms with van der Waals surface area (Å²) < 4.78 is 0. The second-order valence-corrected chi connectivity index (χ2v) is 6.61. The van der Waals surface area contributed by atoms with E-state index in [0.717, 1.165) is 25.1 Å². The predicted octanol–water partition coefficient (Wildman–Crippen LogP) is 3.43. The predicted molar refractivity (Wildman–Crippen MR) is 97.9 cm³/mol. The Balaban J connectivity index is 1.69. The third kappa shape index (κ3) is 3.68. The van der Waals surface area contributed by atoms with Crippen LogP contribution in [0.15, 0.2) is 54.6 Å². The van der Waals surface area contributed by atoms with Crippen molar-refractivity contribution < 1.29 is 4.79 Å². The normalized spacial score (nSPS) is 21.4. The Morgan fingerprint density at radius 2 is 1.83 bits per heavy atom. The minimum atomic E-state index is -0.0105. The number of benzene rings is 2. The van der Waals surface area contributed by atoms with E-state index in [-0.39, 0.29) is 23.8 Å². The zero-order valence-electron chi connectivity index (χ0n) is 14.5. The summed E-state index contributed by atoms with van der Waals surface area (Å²) in [5.41, 5.74) is 3.73. The zero-order chi connectivity index (χ0) is 16.9. The van der Waals surface area contributed by atoms with Gasteiger partial charge in [0.25, 0.3) is 0 Å². The number of carbonyl (C=O) groups excluding carboxylic acids is 1. The lowest BCUT2D eigenvalue weighted by molar-refractivity contribution is -0.125. The van der Waals surface area contributed by atoms with Crippen molar-refractivity contribution >= 4 is 5.91 Å². The van der Waals surface area contributed by atoms with E-state index in [1.54, 1.807) is 0 Å². The van der Waals surface area contributed by atoms with Crippen LogP contribution < -0.4 is 10.6 Å². The number of aryl methyl sites for hydroxylation is 1. The molecule has 24 heavy (non-hydrogen) atoms. The average Bonchev–Trinajstić information content (AvgIpc) is 3.12. The molecule has 3 atom stereocenters. The van der Waals surface area contributed by atoms with Crippen LogP contribution in [0.5, 0.6) is 0 Å². The van der Waals surface area contributed by atoms with E-state index in [9.17, 15) is 4.79 Å². The molecule has 0 spiro atoms. The highest BCUT2D eigenvalue weighted by Crippen LogP contribution is 2.29. The number of amides is 1. The van der Waals surface area contributed by atoms with E-state index >= 15 is 0 Å². The molecule has 1 aliphatic heterocycles. The maximum atomic E-state index is 12.8. The van der Waals surface area contributed by atoms with Crippen molar-refractivity contribution in [3.05, 3.63) is 71.3 Å². The van der Waals surface area contributed by atoms with E-state index < -0.39 is 0 Å². The first-order valence-corrected chi connectivity index (χ1v) is 8.84. The van der Waals surface area contributed by atoms with Gasteiger partial charge in [-0.2, -0.15) is 0 Å². The van der Waals surface area contributed by atoms with Crippen molar-refractivity contribution in [2.75, 3.05) is 13.1 Å². The van der Waals surface area contributed by atoms with Crippen LogP contribution in [-0.4, -0.2) is 19.0 Å². The van der Waals surface area contributed by atoms with Crippen LogP contribution in [0, 0.1) is 5.92 Å². The molecule has 0 saturated carbocycles. The Labute approximate surface area is 144 Å². The van der Waals surface area contributed by atoms with Crippen LogP contribution in [0.4, 0.5) is 0 Å². The Morgan fingerprint density at radius 1 is 1.12 bits per heavy atom. The van der Waals surface area contributed by atoms with Gasteiger partial charge in [-0.3, -0.25) is 4.79 Å². The molecule has 0 aromatic heterocycles. The van der Waals surface area contributed by atoms with Gasteiger partial charge in [0.05, 0.1) is 12.0 Å². The zero-order valence-corrected chi connectivity index (χ0v) is 14.5. The van der Waals surface area contributed by atoms with Crippen molar-refractivity contribution in [3.63, 3.8) is 0 Å². The molecule has 2 aromatic carbocycles. The molecule has 126 valence electrons. The molecule has 1 fully saturated rings. The van der Waals surface area contributed by atoms with Gasteiger partial charge in [0.2, 0.25) is 5.91 Å². The van der Waals surface area contributed by atoms with Gasteiger partial charge in [-0.15, -0.1) is 0 Å². The van der Waals surface area contributed by atoms with Gasteiger partial charge in [0.15, 0.2) is 0 Å². The molecule has 3 rings (SSSR count). The van der Waals surface area contributed by atoms with Crippen molar-refractivity contribution in [1.29, 1.82) is 0 Å². The number of rotatable bonds is 5. The lowest BCUT2D eigenvalue weighted by Crippen LogP contribution is -2.36. The number of carbonyl (C=O) groups is 1. The van der Waals surface area contributed by atoms with Crippen molar-refractivity contribution in [3.8, 4) is 0 Å². The van der Waals surface area contributed by atoms with Gasteiger partial charge < -0.3 is 10.6 Å². The van der Waals surface area contributed by atoms with Crippen molar-refractivity contribution in [2.24, 2.45) is 5.92 Å². The van der Waals surface area contributed by atoms with Gasteiger partial charge in [0.1, 0.15) is 0 Å². The first kappa shape index (κ1) is 16.7. The summed E-state index contributed by atoms with van der Waals surface area (Å²) in [5, 5.41) is 6.56. The summed E-state index contributed by atoms with van der Waals surface area (Å²) >= 11 is 0. The van der Waals surface area contributed by atoms with E-state index in [2.05, 4.69) is 54.0 Å². The van der Waals surface area contributed by atoms with Gasteiger partial charge in [0, 0.05) is 19.0 Å². The molecule has 0 unspecified atom stereocenters. The number of hydrogen-bond donors (Lipinski definition) is 2. The summed E-state index contributed by atoms with van der Waals surface area (Å²) in [6.07, 6.45) is 1.04. The first-order valence-electron chi connectivity index (χ1n) is 8.84. The number of hydrogen-bond acceptors (Lipinski definition) is 2. The summed E-state index contributed by atoms with van der Waals surface area (Å²) in [6, 6.07) is 18.9. The van der Waals surface area contributed by atoms with E-state index in [1.807, 2.05) is 25.1 Å². The van der Waals surface area contributed by atoms with E-state index in [4.69, 9.17) is 0 Å². The van der Waals surface area contributed by atoms with Gasteiger partial charge >= 0.3 is 0 Å². The summed E-state index contributed by atoms with van der Waals surface area (Å²) in [6.45, 7) is 5.81. The molecular weight excluding hydrogens is 296 g/mol. The highest BCUT2D eigenvalue weighted by molar-refractivity contribution is 5.81. The quantitative estimate of drug-likeness (QED) is 0.885. The van der Waals surface area contributed by atoms with Crippen LogP contribution in [-0.2, 0) is 11.2 Å². The van der Waals surface area contributed by atoms with Crippen LogP contribution in [0.1, 0.15) is 42.5 Å². The van der Waals surface area contributed by atoms with Crippen LogP contribution in [0.3, 0.4) is 0 Å². The molecular formula is C21H26N2O. The fraction of sp³-hybridized carbons (Fsp3) is 0.381. The van der Waals surface area contributed by atoms with E-state index in [1.165, 1.54) is 11.1 Å². The molecule has 1 saturated heterocycles. The minimum absolute atomic E-state index is 0.0105. The van der Waals surface area contributed by atoms with Crippen LogP contribution in [0.25, 0.3) is 0 Å². The highest BCUT2D eigenvalue weighted by atomic mass is 16.2. The van der Waals surface area contributed by atoms with Crippen molar-refractivity contribution in [2.45, 2.75) is 32.2 Å². The van der Waals surface area contributed by atoms with E-state index in [0.29, 0.717) is 0 Å². The van der Waals surface area contributed by atoms with Crippen molar-refractivity contribution in [1.82, 2.24) is 10.6 Å². The lowest BCUT2D eigenvalue weighted by Gasteiger charge is -2.22. The first-order chi connectivity index (χ1) is 11.7. The molecule has 0 radical (unpaired) electrons. The molecule has 2 aromatic rings. The van der Waals surface area contributed by atoms with Crippen LogP contribution >= 0.6 is 0 Å². The monoisotopic (exact) mass is 322 g/mol. The maximum Gasteiger partial charge on any atom is 0.225 e. The minimum Gasteiger partial charge on any atom is -0.349 e. The third-order valence-corrected chi connectivity index (χ3v) is 5.03. The maximum absolute atomic E-state index is 12.8. The van der Waals surface area contributed by atoms with Crippen LogP contribution in [0.2, 0.25) is 0 Å². The van der Waals surface area contributed by atoms with Gasteiger partial charge in [-0.25, -0.2) is 0 Å². The summed E-state index contributed by atoms with van der Waals surface area (Å²) in [5.74, 6) is 0.378. The largest absolute Gasteiger partial charge is 0.349 e. The lowest BCUT2D eigenvalue weighted by atomic mass is 9.87. The molecule has 1 aliphatic rings. The standard InChI is InChI=1S/C21H26N2O/c1-3-16-9-11-18(12-10-16)19-13-22-14-20(19)21(24)23-15(2)17-7-5-4-6-8-17/h4-12,15,19-20,22H,3,13-14H2,1-2H3,(H,23,24)/t15-,19-,20+/m0/s1. The SMILES string of the molecule is CCc1ccc([C@@H]2CNC[C@H]2C(=O)N[C@@H](C)c2ccccc2)cc1. The molecule has 0 aliphatic carbocycles. The molecule has 3 heteroatoms. The Morgan fingerprint density at radius 3 is 2.50 bits per heavy atom. The smallest absolute Gasteiger partial charge is 0.225 e. The third-order valence-electron chi connectivity index (χ3n) is 5.03. The number of nitrogens with one attached hydrogen (secondary N) is 2. The molecule has 2 N–H and O–H groups in total. The van der Waals surface area contributed by atoms with Gasteiger partial charge in [-0.05, 0) is 30.0 Å². The Hall–Kier alpha value is -2.13. The fourth-order valence-corrected chi connectivity index (χ4v) is 3.45. The molecule has 0 bridgehead atoms. The molecule has 1 amide bonds. The fourth-order valence-electron chi connectivity index (χ4n) is 3.45. The van der Waals surface area contributed by atoms with Gasteiger partial charge in [-0.1, -0.05) is 61.5 Å². The summed E-state index contributed by atoms with van der Waals surface area (Å²) in [4.78, 5) is 12.8. The Bertz CT molecular complexity index is 666. The average molecular weight is 322 g/mol. The Kier molecular flexibility index (Phi) is 5.31. The second-order valence-electron chi connectivity index (χ2n) is 6.61.